The van der Waals surface area contributed by atoms with Gasteiger partial charge < -0.3 is 82.3 Å². The molecule has 0 saturated carbocycles. The molecule has 0 radical (unpaired) electrons. The molecule has 1 rings (SSSR count). The highest BCUT2D eigenvalue weighted by atomic mass is 16.3. The van der Waals surface area contributed by atoms with Gasteiger partial charge in [0.2, 0.25) is 17.7 Å². The number of aldehydes is 6. The van der Waals surface area contributed by atoms with Crippen LogP contribution in [0.2, 0.25) is 0 Å². The Balaban J connectivity index is 3.84. The Labute approximate surface area is 418 Å². The molecular formula is C43H66N14O16. The van der Waals surface area contributed by atoms with Crippen LogP contribution in [0.1, 0.15) is 58.9 Å². The third-order valence-corrected chi connectivity index (χ3v) is 9.98. The summed E-state index contributed by atoms with van der Waals surface area (Å²) in [7, 11) is 0. The summed E-state index contributed by atoms with van der Waals surface area (Å²) in [5, 5.41) is 48.4. The lowest BCUT2D eigenvalue weighted by Gasteiger charge is -2.31. The van der Waals surface area contributed by atoms with Gasteiger partial charge in [0.25, 0.3) is 29.5 Å². The molecule has 30 nitrogen and oxygen atoms in total. The molecule has 30 heteroatoms. The summed E-state index contributed by atoms with van der Waals surface area (Å²) in [5.74, 6) is -9.21. The van der Waals surface area contributed by atoms with Gasteiger partial charge in [0.15, 0.2) is 30.8 Å². The van der Waals surface area contributed by atoms with Crippen LogP contribution in [0, 0.1) is 0 Å². The normalized spacial score (nSPS) is 16.4. The second kappa shape index (κ2) is 34.1. The number of hydrogen-bond acceptors (Lipinski definition) is 22. The lowest BCUT2D eigenvalue weighted by atomic mass is 10.1. The van der Waals surface area contributed by atoms with Crippen molar-refractivity contribution in [3.63, 3.8) is 0 Å². The molecule has 0 spiro atoms. The Hall–Kier alpha value is -7.32. The first kappa shape index (κ1) is 63.7. The number of primary amides is 2. The SMILES string of the molecule is CC(=O)N[C@@H](N[C@@H](C)C=O)C(=O)N[C@H](N[C@@H](C=O)CO)C(=O)N[C@@H](N[C@@H](C=O)CCC(N)=O)C(=O)N[C@@H](N[C@@H](C=O)CCC(N)=O)C(=O)N[C@@H](N[C@@H](C=O)[C@H](C)O)C(=O)N[C@@H](C)N[C@@H](C=O)Cc1ccccc1. The van der Waals surface area contributed by atoms with Gasteiger partial charge in [-0.3, -0.25) is 70.3 Å². The van der Waals surface area contributed by atoms with Crippen molar-refractivity contribution >= 4 is 85.0 Å². The van der Waals surface area contributed by atoms with E-state index < -0.39 is 159 Å². The van der Waals surface area contributed by atoms with Gasteiger partial charge in [-0.25, -0.2) is 0 Å². The summed E-state index contributed by atoms with van der Waals surface area (Å²) in [6.07, 6.45) is -12.6. The van der Waals surface area contributed by atoms with E-state index in [0.29, 0.717) is 12.6 Å². The molecule has 0 saturated heterocycles. The van der Waals surface area contributed by atoms with E-state index in [4.69, 9.17) is 11.5 Å². The Morgan fingerprint density at radius 1 is 0.507 bits per heavy atom. The minimum atomic E-state index is -2.22. The van der Waals surface area contributed by atoms with E-state index in [1.165, 1.54) is 20.8 Å². The molecule has 0 aliphatic heterocycles. The Morgan fingerprint density at radius 2 is 0.904 bits per heavy atom. The number of amides is 8. The standard InChI is InChI=1S/C43H66N14O16/c1-22(15-58)46-34(49-25(4)66)40(70)56-37(52-30(19-62)20-63)43(73)55-35(50-27(16-59)10-12-32(44)67)41(71)54-36(51-28(17-60)11-13-33(45)68)42(72)57-38(53-31(21-64)23(2)65)39(69)48-24(3)47-29(18-61)14-26-8-6-5-7-9-26/h5-9,15-19,21-24,27-31,34-38,46-47,50-53,63,65H,10-14,20H2,1-4H3,(H2,44,67)(H2,45,68)(H,48,69)(H,49,66)(H,54,71)(H,55,73)(H,56,70)(H,57,72)/t22-,23-,24-,27+,28+,29+,30-,31-,34+,35+,36+,37-,38+/m0/s1. The Morgan fingerprint density at radius 3 is 1.26 bits per heavy atom. The van der Waals surface area contributed by atoms with Crippen LogP contribution in [0.5, 0.6) is 0 Å². The van der Waals surface area contributed by atoms with Crippen molar-refractivity contribution in [3.05, 3.63) is 35.9 Å². The van der Waals surface area contributed by atoms with Gasteiger partial charge in [-0.15, -0.1) is 0 Å². The molecule has 0 aliphatic carbocycles. The van der Waals surface area contributed by atoms with Gasteiger partial charge in [0.1, 0.15) is 37.7 Å². The molecule has 73 heavy (non-hydrogen) atoms. The van der Waals surface area contributed by atoms with Crippen LogP contribution in [0.15, 0.2) is 30.3 Å². The number of carbonyl (C=O) groups is 14. The number of rotatable bonds is 39. The second-order valence-corrected chi connectivity index (χ2v) is 16.3. The maximum Gasteiger partial charge on any atom is 0.259 e. The lowest BCUT2D eigenvalue weighted by Crippen LogP contribution is -2.70. The molecule has 1 aromatic carbocycles. The van der Waals surface area contributed by atoms with E-state index in [-0.39, 0.29) is 31.6 Å². The van der Waals surface area contributed by atoms with Crippen LogP contribution in [0.25, 0.3) is 0 Å². The number of carbonyl (C=O) groups excluding carboxylic acids is 14. The summed E-state index contributed by atoms with van der Waals surface area (Å²) in [6, 6.07) is 0.728. The van der Waals surface area contributed by atoms with E-state index in [2.05, 4.69) is 63.8 Å². The lowest BCUT2D eigenvalue weighted by molar-refractivity contribution is -0.137. The fourth-order valence-corrected chi connectivity index (χ4v) is 6.23. The highest BCUT2D eigenvalue weighted by molar-refractivity contribution is 5.96. The first-order chi connectivity index (χ1) is 34.5. The highest BCUT2D eigenvalue weighted by Crippen LogP contribution is 2.04. The van der Waals surface area contributed by atoms with Crippen LogP contribution in [0.4, 0.5) is 0 Å². The van der Waals surface area contributed by atoms with Crippen LogP contribution >= 0.6 is 0 Å². The minimum absolute atomic E-state index is 0.127. The third-order valence-electron chi connectivity index (χ3n) is 9.98. The highest BCUT2D eigenvalue weighted by Gasteiger charge is 2.36. The number of hydrogen-bond donors (Lipinski definition) is 16. The summed E-state index contributed by atoms with van der Waals surface area (Å²) in [5.41, 5.74) is 11.3. The smallest absolute Gasteiger partial charge is 0.259 e. The first-order valence-electron chi connectivity index (χ1n) is 22.5. The zero-order valence-electron chi connectivity index (χ0n) is 40.4. The van der Waals surface area contributed by atoms with Crippen molar-refractivity contribution in [2.75, 3.05) is 6.61 Å². The Kier molecular flexibility index (Phi) is 29.8. The fourth-order valence-electron chi connectivity index (χ4n) is 6.23. The maximum absolute atomic E-state index is 14.3. The summed E-state index contributed by atoms with van der Waals surface area (Å²) < 4.78 is 0. The molecule has 13 atom stereocenters. The number of nitrogens with one attached hydrogen (secondary N) is 12. The van der Waals surface area contributed by atoms with Crippen LogP contribution < -0.4 is 75.3 Å². The Bertz CT molecular complexity index is 2050. The van der Waals surface area contributed by atoms with Gasteiger partial charge >= 0.3 is 0 Å². The minimum Gasteiger partial charge on any atom is -0.394 e. The quantitative estimate of drug-likeness (QED) is 0.0215. The molecule has 0 aliphatic rings. The van der Waals surface area contributed by atoms with E-state index >= 15 is 0 Å². The second-order valence-electron chi connectivity index (χ2n) is 16.3. The van der Waals surface area contributed by atoms with Crippen molar-refractivity contribution in [3.8, 4) is 0 Å². The van der Waals surface area contributed by atoms with Gasteiger partial charge in [-0.1, -0.05) is 30.3 Å². The summed E-state index contributed by atoms with van der Waals surface area (Å²) in [4.78, 5) is 177. The monoisotopic (exact) mass is 1030 g/mol. The molecule has 0 aromatic heterocycles. The van der Waals surface area contributed by atoms with E-state index in [1.54, 1.807) is 30.3 Å². The third kappa shape index (κ3) is 25.1. The van der Waals surface area contributed by atoms with Crippen molar-refractivity contribution < 1.29 is 77.3 Å². The topological polar surface area (TPSA) is 476 Å². The molecule has 0 bridgehead atoms. The molecule has 0 unspecified atom stereocenters. The molecule has 18 N–H and O–H groups in total. The fraction of sp³-hybridized carbons (Fsp3) is 0.535. The molecule has 404 valence electrons. The van der Waals surface area contributed by atoms with Crippen molar-refractivity contribution in [1.29, 1.82) is 0 Å². The van der Waals surface area contributed by atoms with E-state index in [0.717, 1.165) is 12.5 Å². The van der Waals surface area contributed by atoms with Crippen LogP contribution in [-0.2, 0) is 73.5 Å². The van der Waals surface area contributed by atoms with Gasteiger partial charge in [-0.2, -0.15) is 0 Å². The zero-order chi connectivity index (χ0) is 55.2. The molecular weight excluding hydrogens is 969 g/mol. The summed E-state index contributed by atoms with van der Waals surface area (Å²) in [6.45, 7) is 3.95. The molecule has 0 heterocycles. The van der Waals surface area contributed by atoms with Crippen molar-refractivity contribution in [2.45, 2.75) is 139 Å². The molecule has 1 aromatic rings. The summed E-state index contributed by atoms with van der Waals surface area (Å²) >= 11 is 0. The predicted molar refractivity (Wildman–Crippen MR) is 252 cm³/mol. The zero-order valence-corrected chi connectivity index (χ0v) is 40.4. The number of aliphatic hydroxyl groups excluding tert-OH is 2. The van der Waals surface area contributed by atoms with Crippen LogP contribution in [0.3, 0.4) is 0 Å². The molecule has 0 fully saturated rings. The van der Waals surface area contributed by atoms with E-state index in [1.807, 2.05) is 0 Å². The van der Waals surface area contributed by atoms with E-state index in [9.17, 15) is 77.3 Å². The van der Waals surface area contributed by atoms with Gasteiger partial charge in [0.05, 0.1) is 55.1 Å². The number of nitrogens with two attached hydrogens (primary N) is 2. The largest absolute Gasteiger partial charge is 0.394 e. The number of aliphatic hydroxyl groups is 2. The molecule has 8 amide bonds. The average Bonchev–Trinajstić information content (AvgIpc) is 3.34. The van der Waals surface area contributed by atoms with Crippen molar-refractivity contribution in [2.24, 2.45) is 11.5 Å². The maximum atomic E-state index is 14.3. The predicted octanol–water partition coefficient (Wildman–Crippen LogP) is -9.21. The van der Waals surface area contributed by atoms with Crippen molar-refractivity contribution in [1.82, 2.24) is 63.8 Å². The average molecular weight is 1040 g/mol. The first-order valence-corrected chi connectivity index (χ1v) is 22.5. The van der Waals surface area contributed by atoms with Crippen LogP contribution in [-0.4, -0.2) is 181 Å². The van der Waals surface area contributed by atoms with Gasteiger partial charge in [-0.05, 0) is 45.6 Å². The number of benzene rings is 1. The van der Waals surface area contributed by atoms with Gasteiger partial charge in [0, 0.05) is 19.8 Å².